The van der Waals surface area contributed by atoms with Gasteiger partial charge in [0.2, 0.25) is 0 Å². The van der Waals surface area contributed by atoms with E-state index in [0.29, 0.717) is 38.0 Å². The van der Waals surface area contributed by atoms with E-state index in [2.05, 4.69) is 0 Å². The molecule has 1 amide bonds. The normalized spacial score (nSPS) is 31.1. The van der Waals surface area contributed by atoms with Crippen LogP contribution < -0.4 is 0 Å². The molecule has 2 saturated heterocycles. The number of hydrogen-bond acceptors (Lipinski definition) is 8. The van der Waals surface area contributed by atoms with Gasteiger partial charge < -0.3 is 14.2 Å². The number of carbonyl (C=O) groups is 4. The molecular weight excluding hydrogens is 404 g/mol. The van der Waals surface area contributed by atoms with Gasteiger partial charge in [-0.3, -0.25) is 19.4 Å². The van der Waals surface area contributed by atoms with Crippen LogP contribution in [0, 0.1) is 17.8 Å². The monoisotopic (exact) mass is 438 g/mol. The van der Waals surface area contributed by atoms with E-state index < -0.39 is 18.2 Å². The number of hydrogen-bond donors (Lipinski definition) is 0. The Morgan fingerprint density at radius 1 is 0.968 bits per heavy atom. The number of ether oxygens (including phenoxy) is 3. The molecule has 2 heterocycles. The number of methoxy groups -OCH3 is 1. The van der Waals surface area contributed by atoms with Crippen LogP contribution in [0.1, 0.15) is 46.0 Å². The first-order valence-corrected chi connectivity index (χ1v) is 11.3. The highest BCUT2D eigenvalue weighted by molar-refractivity contribution is 5.91. The van der Waals surface area contributed by atoms with Crippen molar-refractivity contribution in [3.8, 4) is 0 Å². The van der Waals surface area contributed by atoms with Crippen molar-refractivity contribution in [2.24, 2.45) is 17.8 Å². The molecule has 9 nitrogen and oxygen atoms in total. The summed E-state index contributed by atoms with van der Waals surface area (Å²) in [5, 5.41) is 0. The second-order valence-electron chi connectivity index (χ2n) is 8.77. The predicted octanol–water partition coefficient (Wildman–Crippen LogP) is 1.63. The van der Waals surface area contributed by atoms with Crippen LogP contribution in [0.4, 0.5) is 4.79 Å². The van der Waals surface area contributed by atoms with Gasteiger partial charge in [-0.1, -0.05) is 0 Å². The van der Waals surface area contributed by atoms with E-state index in [9.17, 15) is 19.2 Å². The number of nitrogens with zero attached hydrogens (tertiary/aromatic N) is 2. The molecule has 0 spiro atoms. The molecule has 0 aromatic carbocycles. The number of ketones is 1. The van der Waals surface area contributed by atoms with Crippen molar-refractivity contribution in [1.82, 2.24) is 9.80 Å². The van der Waals surface area contributed by atoms with Gasteiger partial charge in [-0.25, -0.2) is 9.59 Å². The Bertz CT molecular complexity index is 697. The Morgan fingerprint density at radius 3 is 2.29 bits per heavy atom. The summed E-state index contributed by atoms with van der Waals surface area (Å²) in [6.07, 6.45) is 3.07. The Labute approximate surface area is 183 Å². The minimum absolute atomic E-state index is 0.0699. The summed E-state index contributed by atoms with van der Waals surface area (Å²) in [7, 11) is 1.32. The summed E-state index contributed by atoms with van der Waals surface area (Å²) in [5.74, 6) is 0.282. The van der Waals surface area contributed by atoms with E-state index in [1.165, 1.54) is 12.0 Å². The molecule has 3 aliphatic rings. The van der Waals surface area contributed by atoms with Gasteiger partial charge in [0.25, 0.3) is 0 Å². The van der Waals surface area contributed by atoms with Crippen LogP contribution in [0.25, 0.3) is 0 Å². The minimum atomic E-state index is -0.631. The zero-order chi connectivity index (χ0) is 22.5. The number of piperidine rings is 1. The van der Waals surface area contributed by atoms with E-state index in [4.69, 9.17) is 14.2 Å². The average molecular weight is 439 g/mol. The summed E-state index contributed by atoms with van der Waals surface area (Å²) < 4.78 is 15.3. The lowest BCUT2D eigenvalue weighted by molar-refractivity contribution is -0.153. The van der Waals surface area contributed by atoms with Gasteiger partial charge in [0.1, 0.15) is 17.9 Å². The topological polar surface area (TPSA) is 102 Å². The van der Waals surface area contributed by atoms with Gasteiger partial charge in [0, 0.05) is 19.5 Å². The van der Waals surface area contributed by atoms with Crippen molar-refractivity contribution in [3.05, 3.63) is 0 Å². The van der Waals surface area contributed by atoms with Crippen molar-refractivity contribution in [2.45, 2.75) is 58.0 Å². The second kappa shape index (κ2) is 10.4. The standard InChI is InChI=1S/C22H34N2O7/c1-4-30-20(26)18-10-17(25)13-23(18)11-14-6-7-15-12-24(22(28)29-3)19(9-16(15)8-14)21(27)31-5-2/h14-16,18-19H,4-13H2,1-3H3/t14?,15?,16?,18-,19?/m1/s1. The van der Waals surface area contributed by atoms with E-state index in [-0.39, 0.29) is 43.2 Å². The molecule has 31 heavy (non-hydrogen) atoms. The maximum Gasteiger partial charge on any atom is 0.410 e. The predicted molar refractivity (Wildman–Crippen MR) is 110 cm³/mol. The summed E-state index contributed by atoms with van der Waals surface area (Å²) >= 11 is 0. The fraction of sp³-hybridized carbons (Fsp3) is 0.818. The molecule has 0 aromatic rings. The number of esters is 2. The van der Waals surface area contributed by atoms with Gasteiger partial charge in [-0.15, -0.1) is 0 Å². The summed E-state index contributed by atoms with van der Waals surface area (Å²) in [6.45, 7) is 5.52. The lowest BCUT2D eigenvalue weighted by Crippen LogP contribution is -2.55. The Kier molecular flexibility index (Phi) is 7.91. The molecule has 0 bridgehead atoms. The van der Waals surface area contributed by atoms with E-state index in [1.807, 2.05) is 4.90 Å². The molecule has 3 fully saturated rings. The zero-order valence-electron chi connectivity index (χ0n) is 18.7. The summed E-state index contributed by atoms with van der Waals surface area (Å²) in [6, 6.07) is -1.12. The van der Waals surface area contributed by atoms with Crippen LogP contribution >= 0.6 is 0 Å². The average Bonchev–Trinajstić information content (AvgIpc) is 3.12. The van der Waals surface area contributed by atoms with Crippen molar-refractivity contribution in [3.63, 3.8) is 0 Å². The van der Waals surface area contributed by atoms with Gasteiger partial charge in [-0.2, -0.15) is 0 Å². The van der Waals surface area contributed by atoms with Crippen LogP contribution in [-0.4, -0.2) is 85.7 Å². The Morgan fingerprint density at radius 2 is 1.65 bits per heavy atom. The molecule has 5 atom stereocenters. The maximum absolute atomic E-state index is 12.5. The van der Waals surface area contributed by atoms with Crippen LogP contribution in [0.2, 0.25) is 0 Å². The SMILES string of the molecule is CCOC(=O)C1CC2CC(CN3CC(=O)C[C@@H]3C(=O)OCC)CCC2CN1C(=O)OC. The maximum atomic E-state index is 12.5. The van der Waals surface area contributed by atoms with Crippen LogP contribution in [0.3, 0.4) is 0 Å². The van der Waals surface area contributed by atoms with E-state index >= 15 is 0 Å². The number of carbonyl (C=O) groups excluding carboxylic acids is 4. The van der Waals surface area contributed by atoms with Crippen LogP contribution in [-0.2, 0) is 28.6 Å². The molecule has 1 saturated carbocycles. The van der Waals surface area contributed by atoms with Gasteiger partial charge in [-0.05, 0) is 57.3 Å². The van der Waals surface area contributed by atoms with E-state index in [1.54, 1.807) is 13.8 Å². The van der Waals surface area contributed by atoms with Crippen LogP contribution in [0.5, 0.6) is 0 Å². The highest BCUT2D eigenvalue weighted by Crippen LogP contribution is 2.42. The largest absolute Gasteiger partial charge is 0.465 e. The molecule has 174 valence electrons. The first kappa shape index (κ1) is 23.5. The first-order valence-electron chi connectivity index (χ1n) is 11.3. The smallest absolute Gasteiger partial charge is 0.410 e. The molecule has 0 aromatic heterocycles. The third kappa shape index (κ3) is 5.37. The van der Waals surface area contributed by atoms with Gasteiger partial charge in [0.05, 0.1) is 26.9 Å². The number of rotatable bonds is 6. The Balaban J connectivity index is 1.65. The molecule has 9 heteroatoms. The number of Topliss-reactive ketones (excluding diaryl/α,β-unsaturated/α-hetero) is 1. The number of likely N-dealkylation sites (tertiary alicyclic amines) is 2. The minimum Gasteiger partial charge on any atom is -0.465 e. The van der Waals surface area contributed by atoms with Crippen molar-refractivity contribution >= 4 is 23.8 Å². The number of fused-ring (bicyclic) bond motifs is 1. The first-order chi connectivity index (χ1) is 14.9. The van der Waals surface area contributed by atoms with Crippen molar-refractivity contribution in [1.29, 1.82) is 0 Å². The molecule has 4 unspecified atom stereocenters. The van der Waals surface area contributed by atoms with Gasteiger partial charge >= 0.3 is 18.0 Å². The molecular formula is C22H34N2O7. The van der Waals surface area contributed by atoms with Crippen molar-refractivity contribution < 1.29 is 33.4 Å². The Hall–Kier alpha value is -2.16. The molecule has 2 aliphatic heterocycles. The second-order valence-corrected chi connectivity index (χ2v) is 8.77. The third-order valence-corrected chi connectivity index (χ3v) is 6.84. The molecule has 3 rings (SSSR count). The lowest BCUT2D eigenvalue weighted by atomic mass is 9.69. The molecule has 0 N–H and O–H groups in total. The number of amides is 1. The molecule has 1 aliphatic carbocycles. The van der Waals surface area contributed by atoms with Crippen LogP contribution in [0.15, 0.2) is 0 Å². The van der Waals surface area contributed by atoms with E-state index in [0.717, 1.165) is 19.3 Å². The fourth-order valence-electron chi connectivity index (χ4n) is 5.43. The third-order valence-electron chi connectivity index (χ3n) is 6.84. The fourth-order valence-corrected chi connectivity index (χ4v) is 5.43. The highest BCUT2D eigenvalue weighted by Gasteiger charge is 2.46. The zero-order valence-corrected chi connectivity index (χ0v) is 18.7. The summed E-state index contributed by atoms with van der Waals surface area (Å²) in [5.41, 5.74) is 0. The highest BCUT2D eigenvalue weighted by atomic mass is 16.6. The van der Waals surface area contributed by atoms with Crippen molar-refractivity contribution in [2.75, 3.05) is 40.0 Å². The quantitative estimate of drug-likeness (QED) is 0.455. The molecule has 0 radical (unpaired) electrons. The lowest BCUT2D eigenvalue weighted by Gasteiger charge is -2.46. The van der Waals surface area contributed by atoms with Gasteiger partial charge in [0.15, 0.2) is 0 Å². The summed E-state index contributed by atoms with van der Waals surface area (Å²) in [4.78, 5) is 52.5.